The minimum Gasteiger partial charge on any atom is -0.497 e. The molecule has 1 amide bonds. The second-order valence-electron chi connectivity index (χ2n) is 4.24. The Morgan fingerprint density at radius 3 is 2.48 bits per heavy atom. The first kappa shape index (κ1) is 15.0. The van der Waals surface area contributed by atoms with Crippen LogP contribution >= 0.6 is 11.6 Å². The lowest BCUT2D eigenvalue weighted by atomic mass is 10.2. The van der Waals surface area contributed by atoms with Crippen molar-refractivity contribution in [2.24, 2.45) is 0 Å². The van der Waals surface area contributed by atoms with E-state index in [1.165, 1.54) is 0 Å². The van der Waals surface area contributed by atoms with Crippen LogP contribution in [0.1, 0.15) is 0 Å². The molecule has 0 aliphatic rings. The molecule has 0 spiro atoms. The van der Waals surface area contributed by atoms with E-state index in [2.05, 4.69) is 5.32 Å². The molecule has 3 N–H and O–H groups in total. The molecule has 0 saturated heterocycles. The molecule has 2 aromatic carbocycles. The van der Waals surface area contributed by atoms with Crippen LogP contribution in [0.25, 0.3) is 0 Å². The van der Waals surface area contributed by atoms with Gasteiger partial charge >= 0.3 is 0 Å². The predicted octanol–water partition coefficient (Wildman–Crippen LogP) is 2.95. The van der Waals surface area contributed by atoms with Crippen LogP contribution in [0.15, 0.2) is 42.5 Å². The molecule has 21 heavy (non-hydrogen) atoms. The second kappa shape index (κ2) is 6.85. The van der Waals surface area contributed by atoms with Crippen molar-refractivity contribution in [2.75, 3.05) is 24.8 Å². The molecule has 110 valence electrons. The molecule has 0 unspecified atom stereocenters. The molecule has 0 radical (unpaired) electrons. The molecular formula is C15H15ClN2O3. The maximum absolute atomic E-state index is 11.8. The van der Waals surface area contributed by atoms with Crippen molar-refractivity contribution in [2.45, 2.75) is 0 Å². The van der Waals surface area contributed by atoms with E-state index in [9.17, 15) is 4.79 Å². The summed E-state index contributed by atoms with van der Waals surface area (Å²) in [6.07, 6.45) is 0. The molecule has 0 aromatic heterocycles. The summed E-state index contributed by atoms with van der Waals surface area (Å²) >= 11 is 5.76. The number of halogens is 1. The minimum absolute atomic E-state index is 0.118. The smallest absolute Gasteiger partial charge is 0.262 e. The van der Waals surface area contributed by atoms with Crippen molar-refractivity contribution in [1.29, 1.82) is 0 Å². The number of anilines is 2. The number of hydrogen-bond acceptors (Lipinski definition) is 4. The van der Waals surface area contributed by atoms with E-state index in [4.69, 9.17) is 26.8 Å². The van der Waals surface area contributed by atoms with Gasteiger partial charge in [0.2, 0.25) is 0 Å². The van der Waals surface area contributed by atoms with Gasteiger partial charge in [-0.15, -0.1) is 0 Å². The van der Waals surface area contributed by atoms with Gasteiger partial charge in [0.25, 0.3) is 5.91 Å². The molecule has 0 fully saturated rings. The number of ether oxygens (including phenoxy) is 2. The van der Waals surface area contributed by atoms with Gasteiger partial charge in [-0.05, 0) is 36.4 Å². The maximum atomic E-state index is 11.8. The third kappa shape index (κ3) is 4.29. The Balaban J connectivity index is 1.91. The lowest BCUT2D eigenvalue weighted by Crippen LogP contribution is -2.20. The number of hydrogen-bond donors (Lipinski definition) is 2. The summed E-state index contributed by atoms with van der Waals surface area (Å²) in [6.45, 7) is -0.118. The summed E-state index contributed by atoms with van der Waals surface area (Å²) in [4.78, 5) is 11.8. The first-order chi connectivity index (χ1) is 10.1. The van der Waals surface area contributed by atoms with Crippen molar-refractivity contribution in [3.8, 4) is 11.5 Å². The van der Waals surface area contributed by atoms with Crippen LogP contribution in [0.4, 0.5) is 11.4 Å². The minimum atomic E-state index is -0.304. The highest BCUT2D eigenvalue weighted by Crippen LogP contribution is 2.24. The Kier molecular flexibility index (Phi) is 4.90. The fourth-order valence-electron chi connectivity index (χ4n) is 1.65. The molecule has 0 saturated carbocycles. The van der Waals surface area contributed by atoms with E-state index in [1.807, 2.05) is 0 Å². The van der Waals surface area contributed by atoms with E-state index >= 15 is 0 Å². The number of carbonyl (C=O) groups is 1. The summed E-state index contributed by atoms with van der Waals surface area (Å²) in [7, 11) is 1.55. The SMILES string of the molecule is COc1ccc(NC(=O)COc2ccc(Cl)cc2)c(N)c1. The zero-order chi connectivity index (χ0) is 15.2. The van der Waals surface area contributed by atoms with Gasteiger partial charge in [-0.1, -0.05) is 11.6 Å². The molecule has 5 nitrogen and oxygen atoms in total. The Morgan fingerprint density at radius 2 is 1.86 bits per heavy atom. The molecule has 0 heterocycles. The summed E-state index contributed by atoms with van der Waals surface area (Å²) < 4.78 is 10.4. The molecule has 0 aliphatic heterocycles. The van der Waals surface area contributed by atoms with E-state index in [0.29, 0.717) is 27.9 Å². The number of amides is 1. The molecule has 2 aromatic rings. The average molecular weight is 307 g/mol. The van der Waals surface area contributed by atoms with Crippen LogP contribution in [0, 0.1) is 0 Å². The number of rotatable bonds is 5. The highest BCUT2D eigenvalue weighted by Gasteiger charge is 2.07. The van der Waals surface area contributed by atoms with Crippen molar-refractivity contribution in [1.82, 2.24) is 0 Å². The Labute approximate surface area is 127 Å². The van der Waals surface area contributed by atoms with Gasteiger partial charge < -0.3 is 20.5 Å². The Bertz CT molecular complexity index is 629. The second-order valence-corrected chi connectivity index (χ2v) is 4.68. The first-order valence-electron chi connectivity index (χ1n) is 6.20. The summed E-state index contributed by atoms with van der Waals surface area (Å²) in [6, 6.07) is 11.8. The van der Waals surface area contributed by atoms with E-state index < -0.39 is 0 Å². The number of nitrogen functional groups attached to an aromatic ring is 1. The van der Waals surface area contributed by atoms with Crippen molar-refractivity contribution in [3.05, 3.63) is 47.5 Å². The third-order valence-electron chi connectivity index (χ3n) is 2.72. The Hall–Kier alpha value is -2.40. The molecular weight excluding hydrogens is 292 g/mol. The predicted molar refractivity (Wildman–Crippen MR) is 83.0 cm³/mol. The summed E-state index contributed by atoms with van der Waals surface area (Å²) in [5.74, 6) is 0.891. The molecule has 0 atom stereocenters. The lowest BCUT2D eigenvalue weighted by Gasteiger charge is -2.10. The fourth-order valence-corrected chi connectivity index (χ4v) is 1.77. The molecule has 6 heteroatoms. The highest BCUT2D eigenvalue weighted by atomic mass is 35.5. The summed E-state index contributed by atoms with van der Waals surface area (Å²) in [5, 5.41) is 3.28. The topological polar surface area (TPSA) is 73.6 Å². The van der Waals surface area contributed by atoms with Gasteiger partial charge in [-0.2, -0.15) is 0 Å². The average Bonchev–Trinajstić information content (AvgIpc) is 2.48. The quantitative estimate of drug-likeness (QED) is 0.833. The number of nitrogens with two attached hydrogens (primary N) is 1. The molecule has 0 aliphatic carbocycles. The maximum Gasteiger partial charge on any atom is 0.262 e. The van der Waals surface area contributed by atoms with Gasteiger partial charge in [0.05, 0.1) is 18.5 Å². The Morgan fingerprint density at radius 1 is 1.19 bits per heavy atom. The van der Waals surface area contributed by atoms with Crippen LogP contribution in [-0.2, 0) is 4.79 Å². The molecule has 2 rings (SSSR count). The summed E-state index contributed by atoms with van der Waals surface area (Å²) in [5.41, 5.74) is 6.76. The monoisotopic (exact) mass is 306 g/mol. The van der Waals surface area contributed by atoms with E-state index in [1.54, 1.807) is 49.6 Å². The van der Waals surface area contributed by atoms with Crippen LogP contribution < -0.4 is 20.5 Å². The van der Waals surface area contributed by atoms with Gasteiger partial charge in [0.1, 0.15) is 11.5 Å². The van der Waals surface area contributed by atoms with Crippen LogP contribution in [0.2, 0.25) is 5.02 Å². The lowest BCUT2D eigenvalue weighted by molar-refractivity contribution is -0.118. The fraction of sp³-hybridized carbons (Fsp3) is 0.133. The molecule has 0 bridgehead atoms. The number of benzene rings is 2. The number of carbonyl (C=O) groups excluding carboxylic acids is 1. The van der Waals surface area contributed by atoms with Crippen LogP contribution in [0.3, 0.4) is 0 Å². The van der Waals surface area contributed by atoms with Crippen LogP contribution in [0.5, 0.6) is 11.5 Å². The zero-order valence-corrected chi connectivity index (χ0v) is 12.2. The van der Waals surface area contributed by atoms with Gasteiger partial charge in [-0.3, -0.25) is 4.79 Å². The van der Waals surface area contributed by atoms with E-state index in [-0.39, 0.29) is 12.5 Å². The first-order valence-corrected chi connectivity index (χ1v) is 6.58. The van der Waals surface area contributed by atoms with Gasteiger partial charge in [0.15, 0.2) is 6.61 Å². The zero-order valence-electron chi connectivity index (χ0n) is 11.4. The number of nitrogens with one attached hydrogen (secondary N) is 1. The van der Waals surface area contributed by atoms with Crippen molar-refractivity contribution < 1.29 is 14.3 Å². The number of methoxy groups -OCH3 is 1. The van der Waals surface area contributed by atoms with Gasteiger partial charge in [-0.25, -0.2) is 0 Å². The van der Waals surface area contributed by atoms with Gasteiger partial charge in [0, 0.05) is 11.1 Å². The normalized spacial score (nSPS) is 10.0. The van der Waals surface area contributed by atoms with Crippen molar-refractivity contribution in [3.63, 3.8) is 0 Å². The van der Waals surface area contributed by atoms with Crippen LogP contribution in [-0.4, -0.2) is 19.6 Å². The van der Waals surface area contributed by atoms with E-state index in [0.717, 1.165) is 0 Å². The highest BCUT2D eigenvalue weighted by molar-refractivity contribution is 6.30. The third-order valence-corrected chi connectivity index (χ3v) is 2.97. The largest absolute Gasteiger partial charge is 0.497 e. The van der Waals surface area contributed by atoms with Crippen molar-refractivity contribution >= 4 is 28.9 Å². The standard InChI is InChI=1S/C15H15ClN2O3/c1-20-12-6-7-14(13(17)8-12)18-15(19)9-21-11-4-2-10(16)3-5-11/h2-8H,9,17H2,1H3,(H,18,19).